The van der Waals surface area contributed by atoms with E-state index in [2.05, 4.69) is 13.8 Å². The number of rotatable bonds is 4. The van der Waals surface area contributed by atoms with Gasteiger partial charge in [0, 0.05) is 12.8 Å². The summed E-state index contributed by atoms with van der Waals surface area (Å²) in [6.07, 6.45) is 6.93. The quantitative estimate of drug-likeness (QED) is 0.742. The van der Waals surface area contributed by atoms with Crippen molar-refractivity contribution in [1.29, 1.82) is 0 Å². The molecule has 0 aromatic carbocycles. The van der Waals surface area contributed by atoms with Gasteiger partial charge in [-0.1, -0.05) is 51.7 Å². The number of carbonyl (C=O) groups excluding carboxylic acids is 1. The van der Waals surface area contributed by atoms with Crippen LogP contribution in [-0.4, -0.2) is 5.78 Å². The second-order valence-electron chi connectivity index (χ2n) is 5.28. The lowest BCUT2D eigenvalue weighted by Gasteiger charge is -2.08. The van der Waals surface area contributed by atoms with Crippen molar-refractivity contribution in [1.82, 2.24) is 0 Å². The fourth-order valence-corrected chi connectivity index (χ4v) is 2.76. The number of hydrogen-bond acceptors (Lipinski definition) is 2. The van der Waals surface area contributed by atoms with Crippen molar-refractivity contribution >= 4 is 17.1 Å². The Morgan fingerprint density at radius 1 is 1.24 bits per heavy atom. The monoisotopic (exact) mass is 252 g/mol. The Morgan fingerprint density at radius 3 is 2.24 bits per heavy atom. The van der Waals surface area contributed by atoms with Gasteiger partial charge < -0.3 is 0 Å². The molecular formula is C15H24OS. The molecule has 1 aliphatic carbocycles. The molecule has 0 radical (unpaired) electrons. The lowest BCUT2D eigenvalue weighted by molar-refractivity contribution is -0.120. The molecule has 0 spiro atoms. The number of ketones is 1. The van der Waals surface area contributed by atoms with Gasteiger partial charge in [0.15, 0.2) is 0 Å². The summed E-state index contributed by atoms with van der Waals surface area (Å²) in [7, 11) is 0. The summed E-state index contributed by atoms with van der Waals surface area (Å²) in [6.45, 7) is 4.24. The van der Waals surface area contributed by atoms with Gasteiger partial charge in [-0.25, -0.2) is 0 Å². The van der Waals surface area contributed by atoms with E-state index in [-0.39, 0.29) is 0 Å². The molecule has 0 unspecified atom stereocenters. The summed E-state index contributed by atoms with van der Waals surface area (Å²) in [6, 6.07) is 4.04. The first kappa shape index (κ1) is 14.4. The van der Waals surface area contributed by atoms with Crippen LogP contribution >= 0.6 is 11.3 Å². The predicted molar refractivity (Wildman–Crippen MR) is 75.4 cm³/mol. The van der Waals surface area contributed by atoms with Gasteiger partial charge in [0.1, 0.15) is 5.78 Å². The molecule has 2 heteroatoms. The van der Waals surface area contributed by atoms with Gasteiger partial charge in [0.05, 0.1) is 0 Å². The third-order valence-corrected chi connectivity index (χ3v) is 3.68. The Kier molecular flexibility index (Phi) is 7.18. The second-order valence-corrected chi connectivity index (χ2v) is 6.10. The molecule has 17 heavy (non-hydrogen) atoms. The fraction of sp³-hybridized carbons (Fsp3) is 0.667. The van der Waals surface area contributed by atoms with Crippen molar-refractivity contribution in [2.45, 2.75) is 52.4 Å². The van der Waals surface area contributed by atoms with Gasteiger partial charge in [-0.15, -0.1) is 0 Å². The minimum atomic E-state index is 0.483. The molecule has 1 aromatic heterocycles. The zero-order chi connectivity index (χ0) is 12.5. The Balaban J connectivity index is 0.000000239. The standard InChI is InChI=1S/C11H20O.C4H4S/c1-9(2)7-11(12)8-10-5-3-4-6-10;1-2-4-5-3-1/h9-10H,3-8H2,1-2H3;1-4H. The summed E-state index contributed by atoms with van der Waals surface area (Å²) >= 11 is 1.71. The van der Waals surface area contributed by atoms with E-state index in [1.54, 1.807) is 11.3 Å². The lowest BCUT2D eigenvalue weighted by atomic mass is 9.96. The van der Waals surface area contributed by atoms with Crippen LogP contribution in [0.2, 0.25) is 0 Å². The highest BCUT2D eigenvalue weighted by Gasteiger charge is 2.18. The molecule has 0 bridgehead atoms. The molecular weight excluding hydrogens is 228 g/mol. The normalized spacial score (nSPS) is 15.7. The summed E-state index contributed by atoms with van der Waals surface area (Å²) in [4.78, 5) is 11.4. The first-order chi connectivity index (χ1) is 8.18. The van der Waals surface area contributed by atoms with Crippen LogP contribution in [0.25, 0.3) is 0 Å². The van der Waals surface area contributed by atoms with Crippen LogP contribution < -0.4 is 0 Å². The Morgan fingerprint density at radius 2 is 1.82 bits per heavy atom. The minimum absolute atomic E-state index is 0.483. The van der Waals surface area contributed by atoms with Crippen LogP contribution in [0.3, 0.4) is 0 Å². The molecule has 1 heterocycles. The van der Waals surface area contributed by atoms with Crippen LogP contribution in [0.1, 0.15) is 52.4 Å². The minimum Gasteiger partial charge on any atom is -0.300 e. The maximum atomic E-state index is 11.4. The molecule has 0 atom stereocenters. The van der Waals surface area contributed by atoms with E-state index < -0.39 is 0 Å². The second kappa shape index (κ2) is 8.46. The molecule has 1 aliphatic rings. The van der Waals surface area contributed by atoms with Crippen molar-refractivity contribution in [3.05, 3.63) is 22.9 Å². The molecule has 2 rings (SSSR count). The van der Waals surface area contributed by atoms with Crippen LogP contribution in [-0.2, 0) is 4.79 Å². The molecule has 0 saturated heterocycles. The molecule has 1 saturated carbocycles. The SMILES string of the molecule is CC(C)CC(=O)CC1CCCC1.c1ccsc1. The highest BCUT2D eigenvalue weighted by molar-refractivity contribution is 7.07. The van der Waals surface area contributed by atoms with Crippen molar-refractivity contribution in [3.8, 4) is 0 Å². The van der Waals surface area contributed by atoms with Gasteiger partial charge in [0.2, 0.25) is 0 Å². The summed E-state index contributed by atoms with van der Waals surface area (Å²) in [5.41, 5.74) is 0. The Hall–Kier alpha value is -0.630. The van der Waals surface area contributed by atoms with Crippen LogP contribution in [0.5, 0.6) is 0 Å². The first-order valence-electron chi connectivity index (χ1n) is 6.67. The zero-order valence-electron chi connectivity index (χ0n) is 11.0. The van der Waals surface area contributed by atoms with E-state index in [0.29, 0.717) is 11.7 Å². The van der Waals surface area contributed by atoms with E-state index >= 15 is 0 Å². The molecule has 1 fully saturated rings. The molecule has 96 valence electrons. The molecule has 1 nitrogen and oxygen atoms in total. The Labute approximate surface area is 109 Å². The molecule has 1 aromatic rings. The number of Topliss-reactive ketones (excluding diaryl/α,β-unsaturated/α-hetero) is 1. The lowest BCUT2D eigenvalue weighted by Crippen LogP contribution is -2.07. The number of thiophene rings is 1. The summed E-state index contributed by atoms with van der Waals surface area (Å²) in [5, 5.41) is 4.08. The topological polar surface area (TPSA) is 17.1 Å². The van der Waals surface area contributed by atoms with Gasteiger partial charge >= 0.3 is 0 Å². The number of carbonyl (C=O) groups is 1. The maximum absolute atomic E-state index is 11.4. The van der Waals surface area contributed by atoms with E-state index in [9.17, 15) is 4.79 Å². The van der Waals surface area contributed by atoms with Crippen molar-refractivity contribution < 1.29 is 4.79 Å². The van der Waals surface area contributed by atoms with E-state index in [0.717, 1.165) is 18.8 Å². The van der Waals surface area contributed by atoms with Crippen LogP contribution in [0.4, 0.5) is 0 Å². The average molecular weight is 252 g/mol. The van der Waals surface area contributed by atoms with Crippen molar-refractivity contribution in [2.75, 3.05) is 0 Å². The summed E-state index contributed by atoms with van der Waals surface area (Å²) in [5.74, 6) is 1.76. The predicted octanol–water partition coefficient (Wildman–Crippen LogP) is 4.93. The van der Waals surface area contributed by atoms with E-state index in [1.807, 2.05) is 22.9 Å². The number of hydrogen-bond donors (Lipinski definition) is 0. The van der Waals surface area contributed by atoms with Crippen molar-refractivity contribution in [3.63, 3.8) is 0 Å². The van der Waals surface area contributed by atoms with Gasteiger partial charge in [0.25, 0.3) is 0 Å². The fourth-order valence-electron chi connectivity index (χ4n) is 2.30. The largest absolute Gasteiger partial charge is 0.300 e. The first-order valence-corrected chi connectivity index (χ1v) is 7.61. The van der Waals surface area contributed by atoms with Gasteiger partial charge in [-0.3, -0.25) is 4.79 Å². The van der Waals surface area contributed by atoms with Gasteiger partial charge in [-0.05, 0) is 22.6 Å². The Bertz CT molecular complexity index is 267. The zero-order valence-corrected chi connectivity index (χ0v) is 11.8. The maximum Gasteiger partial charge on any atom is 0.133 e. The molecule has 0 amide bonds. The average Bonchev–Trinajstić information content (AvgIpc) is 2.90. The highest BCUT2D eigenvalue weighted by Crippen LogP contribution is 2.28. The summed E-state index contributed by atoms with van der Waals surface area (Å²) < 4.78 is 0. The van der Waals surface area contributed by atoms with Crippen LogP contribution in [0, 0.1) is 11.8 Å². The van der Waals surface area contributed by atoms with E-state index in [4.69, 9.17) is 0 Å². The molecule has 0 aliphatic heterocycles. The smallest absolute Gasteiger partial charge is 0.133 e. The highest BCUT2D eigenvalue weighted by atomic mass is 32.1. The van der Waals surface area contributed by atoms with Gasteiger partial charge in [-0.2, -0.15) is 11.3 Å². The third kappa shape index (κ3) is 7.32. The molecule has 0 N–H and O–H groups in total. The van der Waals surface area contributed by atoms with Crippen molar-refractivity contribution in [2.24, 2.45) is 11.8 Å². The van der Waals surface area contributed by atoms with Crippen LogP contribution in [0.15, 0.2) is 22.9 Å². The van der Waals surface area contributed by atoms with E-state index in [1.165, 1.54) is 25.7 Å². The third-order valence-electron chi connectivity index (χ3n) is 3.05.